The molecule has 6 heteroatoms. The summed E-state index contributed by atoms with van der Waals surface area (Å²) >= 11 is 7.75. The van der Waals surface area contributed by atoms with Crippen LogP contribution in [-0.4, -0.2) is 20.7 Å². The number of Topliss-reactive ketones (excluding diaryl/α,β-unsaturated/α-hetero) is 1. The summed E-state index contributed by atoms with van der Waals surface area (Å²) in [6.07, 6.45) is 8.97. The molecule has 1 amide bonds. The number of hydrogen-bond donors (Lipinski definition) is 1. The van der Waals surface area contributed by atoms with Gasteiger partial charge in [-0.05, 0) is 61.5 Å². The molecule has 28 heavy (non-hydrogen) atoms. The molecule has 0 unspecified atom stereocenters. The Balaban J connectivity index is 1.84. The van der Waals surface area contributed by atoms with Gasteiger partial charge >= 0.3 is 0 Å². The number of nitrogens with one attached hydrogen (secondary N) is 1. The number of alkyl halides is 2. The lowest BCUT2D eigenvalue weighted by molar-refractivity contribution is -0.133. The molecule has 0 heterocycles. The largest absolute Gasteiger partial charge is 0.323 e. The molecule has 0 aliphatic heterocycles. The topological polar surface area (TPSA) is 63.2 Å². The lowest BCUT2D eigenvalue weighted by atomic mass is 9.47. The highest BCUT2D eigenvalue weighted by atomic mass is 79.9. The van der Waals surface area contributed by atoms with Crippen molar-refractivity contribution in [1.82, 2.24) is 5.32 Å². The summed E-state index contributed by atoms with van der Waals surface area (Å²) < 4.78 is -0.573. The highest BCUT2D eigenvalue weighted by Crippen LogP contribution is 2.69. The number of hydrogen-bond acceptors (Lipinski definition) is 3. The van der Waals surface area contributed by atoms with E-state index in [4.69, 9.17) is 0 Å². The zero-order valence-electron chi connectivity index (χ0n) is 16.6. The van der Waals surface area contributed by atoms with Crippen molar-refractivity contribution in [2.75, 3.05) is 0 Å². The normalized spacial score (nSPS) is 41.4. The smallest absolute Gasteiger partial charge is 0.221 e. The van der Waals surface area contributed by atoms with Gasteiger partial charge in [0.2, 0.25) is 11.7 Å². The highest BCUT2D eigenvalue weighted by Gasteiger charge is 2.64. The minimum Gasteiger partial charge on any atom is -0.323 e. The second-order valence-electron chi connectivity index (χ2n) is 9.21. The van der Waals surface area contributed by atoms with E-state index in [0.717, 1.165) is 37.7 Å². The zero-order valence-corrected chi connectivity index (χ0v) is 19.8. The van der Waals surface area contributed by atoms with Gasteiger partial charge in [-0.15, -0.1) is 0 Å². The van der Waals surface area contributed by atoms with Gasteiger partial charge in [0.05, 0.1) is 5.70 Å². The molecule has 1 N–H and O–H groups in total. The molecule has 4 aliphatic rings. The van der Waals surface area contributed by atoms with Crippen LogP contribution in [-0.2, 0) is 14.4 Å². The molecule has 4 rings (SSSR count). The van der Waals surface area contributed by atoms with E-state index >= 15 is 0 Å². The molecule has 3 saturated carbocycles. The van der Waals surface area contributed by atoms with Crippen LogP contribution < -0.4 is 5.32 Å². The van der Waals surface area contributed by atoms with Gasteiger partial charge in [-0.1, -0.05) is 51.8 Å². The number of amides is 1. The van der Waals surface area contributed by atoms with E-state index in [2.05, 4.69) is 51.0 Å². The van der Waals surface area contributed by atoms with Crippen LogP contribution in [0.15, 0.2) is 23.4 Å². The molecule has 152 valence electrons. The summed E-state index contributed by atoms with van der Waals surface area (Å²) in [6.45, 7) is 5.79. The van der Waals surface area contributed by atoms with Crippen LogP contribution in [0.25, 0.3) is 0 Å². The van der Waals surface area contributed by atoms with E-state index in [-0.39, 0.29) is 22.5 Å². The van der Waals surface area contributed by atoms with Crippen molar-refractivity contribution >= 4 is 49.3 Å². The Kier molecular flexibility index (Phi) is 4.86. The fourth-order valence-corrected chi connectivity index (χ4v) is 8.93. The lowest BCUT2D eigenvalue weighted by Gasteiger charge is -2.59. The van der Waals surface area contributed by atoms with E-state index in [0.29, 0.717) is 35.7 Å². The maximum Gasteiger partial charge on any atom is 0.221 e. The fourth-order valence-electron chi connectivity index (χ4n) is 6.93. The minimum absolute atomic E-state index is 0.154. The number of carbonyl (C=O) groups excluding carboxylic acids is 3. The number of fused-ring (bicyclic) bond motifs is 5. The van der Waals surface area contributed by atoms with Gasteiger partial charge in [0.1, 0.15) is 9.02 Å². The lowest BCUT2D eigenvalue weighted by Crippen LogP contribution is -2.56. The van der Waals surface area contributed by atoms with Crippen LogP contribution in [0.5, 0.6) is 0 Å². The first-order valence-electron chi connectivity index (χ1n) is 10.2. The summed E-state index contributed by atoms with van der Waals surface area (Å²) in [5.74, 6) is 1.21. The molecule has 0 saturated heterocycles. The van der Waals surface area contributed by atoms with Gasteiger partial charge < -0.3 is 5.32 Å². The van der Waals surface area contributed by atoms with E-state index in [1.165, 1.54) is 6.92 Å². The third-order valence-electron chi connectivity index (χ3n) is 8.06. The number of allylic oxidation sites excluding steroid dienone is 3. The predicted octanol–water partition coefficient (Wildman–Crippen LogP) is 4.81. The van der Waals surface area contributed by atoms with Gasteiger partial charge in [-0.25, -0.2) is 0 Å². The minimum atomic E-state index is -0.573. The molecule has 3 fully saturated rings. The molecule has 4 nitrogen and oxygen atoms in total. The Morgan fingerprint density at radius 3 is 2.61 bits per heavy atom. The third kappa shape index (κ3) is 2.69. The molecule has 4 aliphatic carbocycles. The molecule has 0 aromatic carbocycles. The Hall–Kier alpha value is -0.750. The molecular formula is C22H27Br2NO3. The van der Waals surface area contributed by atoms with Crippen molar-refractivity contribution in [3.8, 4) is 0 Å². The summed E-state index contributed by atoms with van der Waals surface area (Å²) in [5.41, 5.74) is 0.827. The zero-order chi connectivity index (χ0) is 20.5. The maximum absolute atomic E-state index is 12.8. The van der Waals surface area contributed by atoms with Crippen LogP contribution in [0, 0.1) is 28.6 Å². The first kappa shape index (κ1) is 20.5. The molecule has 0 bridgehead atoms. The Bertz CT molecular complexity index is 830. The molecule has 0 aromatic rings. The van der Waals surface area contributed by atoms with Crippen molar-refractivity contribution in [3.05, 3.63) is 23.4 Å². The Morgan fingerprint density at radius 2 is 1.96 bits per heavy atom. The molecular weight excluding hydrogens is 486 g/mol. The van der Waals surface area contributed by atoms with Crippen LogP contribution in [0.4, 0.5) is 0 Å². The van der Waals surface area contributed by atoms with E-state index in [1.807, 2.05) is 6.08 Å². The van der Waals surface area contributed by atoms with E-state index in [9.17, 15) is 14.4 Å². The number of carbonyl (C=O) groups is 3. The van der Waals surface area contributed by atoms with Crippen molar-refractivity contribution in [1.29, 1.82) is 0 Å². The monoisotopic (exact) mass is 511 g/mol. The summed E-state index contributed by atoms with van der Waals surface area (Å²) in [5, 5.41) is 2.80. The predicted molar refractivity (Wildman–Crippen MR) is 115 cm³/mol. The number of ketones is 2. The van der Waals surface area contributed by atoms with Crippen molar-refractivity contribution in [2.45, 2.75) is 62.5 Å². The number of rotatable bonds is 2. The van der Waals surface area contributed by atoms with Gasteiger partial charge in [-0.2, -0.15) is 0 Å². The average Bonchev–Trinajstić information content (AvgIpc) is 2.95. The summed E-state index contributed by atoms with van der Waals surface area (Å²) in [4.78, 5) is 37.3. The SMILES string of the molecule is CC[C@]12CC[C@H]3[C@@H](CC(Br)(Br)C4=C(NC(C)=O)C(=O)C=C[C@@]43C)[C@@H]1CCC2=O. The van der Waals surface area contributed by atoms with Crippen LogP contribution in [0.3, 0.4) is 0 Å². The van der Waals surface area contributed by atoms with Crippen molar-refractivity contribution in [3.63, 3.8) is 0 Å². The Morgan fingerprint density at radius 1 is 1.25 bits per heavy atom. The van der Waals surface area contributed by atoms with Gasteiger partial charge in [-0.3, -0.25) is 14.4 Å². The fraction of sp³-hybridized carbons (Fsp3) is 0.682. The van der Waals surface area contributed by atoms with Gasteiger partial charge in [0.25, 0.3) is 0 Å². The van der Waals surface area contributed by atoms with Crippen LogP contribution >= 0.6 is 31.9 Å². The average molecular weight is 513 g/mol. The second-order valence-corrected chi connectivity index (χ2v) is 13.0. The van der Waals surface area contributed by atoms with Crippen LogP contribution in [0.1, 0.15) is 59.3 Å². The highest BCUT2D eigenvalue weighted by molar-refractivity contribution is 9.25. The van der Waals surface area contributed by atoms with E-state index < -0.39 is 3.23 Å². The quantitative estimate of drug-likeness (QED) is 0.540. The van der Waals surface area contributed by atoms with Crippen molar-refractivity contribution in [2.24, 2.45) is 28.6 Å². The molecule has 0 spiro atoms. The maximum atomic E-state index is 12.8. The Labute approximate surface area is 183 Å². The standard InChI is InChI=1S/C22H27Br2NO3/c1-4-21-10-7-14-13(15(21)5-6-17(21)28)11-22(23,24)19-18(25-12(2)26)16(27)8-9-20(14,19)3/h8-9,13-15H,4-7,10-11H2,1-3H3,(H,25,26)/t13-,14+,15+,20-,21+/m1/s1. The van der Waals surface area contributed by atoms with Gasteiger partial charge in [0, 0.05) is 24.2 Å². The third-order valence-corrected chi connectivity index (χ3v) is 9.50. The number of halogens is 2. The summed E-state index contributed by atoms with van der Waals surface area (Å²) in [7, 11) is 0. The molecule has 0 radical (unpaired) electrons. The van der Waals surface area contributed by atoms with Crippen molar-refractivity contribution < 1.29 is 14.4 Å². The second kappa shape index (κ2) is 6.63. The molecule has 5 atom stereocenters. The first-order chi connectivity index (χ1) is 13.1. The van der Waals surface area contributed by atoms with E-state index in [1.54, 1.807) is 6.08 Å². The first-order valence-corrected chi connectivity index (χ1v) is 11.8. The van der Waals surface area contributed by atoms with Crippen LogP contribution in [0.2, 0.25) is 0 Å². The molecule has 0 aromatic heterocycles. The van der Waals surface area contributed by atoms with Gasteiger partial charge in [0.15, 0.2) is 0 Å². The summed E-state index contributed by atoms with van der Waals surface area (Å²) in [6, 6.07) is 0.